The fourth-order valence-electron chi connectivity index (χ4n) is 1.82. The summed E-state index contributed by atoms with van der Waals surface area (Å²) in [4.78, 5) is 0. The van der Waals surface area contributed by atoms with Crippen LogP contribution in [0.2, 0.25) is 0 Å². The quantitative estimate of drug-likeness (QED) is 0.420. The molecule has 0 aromatic heterocycles. The van der Waals surface area contributed by atoms with E-state index < -0.39 is 6.04 Å². The van der Waals surface area contributed by atoms with Gasteiger partial charge in [0.25, 0.3) is 0 Å². The Morgan fingerprint density at radius 2 is 1.00 bits per heavy atom. The SMILES string of the molecule is CCCC[PH]([Ni])(CCCC)CCCC. The van der Waals surface area contributed by atoms with Crippen molar-refractivity contribution >= 4 is 6.04 Å². The minimum atomic E-state index is -1.19. The topological polar surface area (TPSA) is 0 Å². The molecule has 0 amide bonds. The van der Waals surface area contributed by atoms with E-state index in [1.165, 1.54) is 57.0 Å². The third-order valence-corrected chi connectivity index (χ3v) is 8.77. The van der Waals surface area contributed by atoms with Gasteiger partial charge in [-0.2, -0.15) is 0 Å². The van der Waals surface area contributed by atoms with Gasteiger partial charge in [0.2, 0.25) is 0 Å². The molecule has 2 heteroatoms. The maximum atomic E-state index is 5.61. The van der Waals surface area contributed by atoms with Crippen molar-refractivity contribution in [1.29, 1.82) is 0 Å². The molecule has 0 N–H and O–H groups in total. The summed E-state index contributed by atoms with van der Waals surface area (Å²) in [6.07, 6.45) is 12.4. The summed E-state index contributed by atoms with van der Waals surface area (Å²) >= 11 is 5.61. The second-order valence-electron chi connectivity index (χ2n) is 4.40. The van der Waals surface area contributed by atoms with Crippen LogP contribution in [0.15, 0.2) is 0 Å². The molecule has 14 heavy (non-hydrogen) atoms. The van der Waals surface area contributed by atoms with Crippen molar-refractivity contribution in [2.45, 2.75) is 59.3 Å². The molecule has 0 atom stereocenters. The third-order valence-electron chi connectivity index (χ3n) is 2.89. The average molecular weight is 262 g/mol. The normalized spacial score (nSPS) is 13.2. The average Bonchev–Trinajstić information content (AvgIpc) is 2.21. The van der Waals surface area contributed by atoms with Gasteiger partial charge in [-0.25, -0.2) is 0 Å². The van der Waals surface area contributed by atoms with Crippen molar-refractivity contribution in [3.05, 3.63) is 0 Å². The van der Waals surface area contributed by atoms with Crippen molar-refractivity contribution in [2.75, 3.05) is 18.5 Å². The predicted molar refractivity (Wildman–Crippen MR) is 67.6 cm³/mol. The molecule has 0 unspecified atom stereocenters. The van der Waals surface area contributed by atoms with E-state index in [2.05, 4.69) is 20.8 Å². The first kappa shape index (κ1) is 14.9. The van der Waals surface area contributed by atoms with E-state index in [-0.39, 0.29) is 0 Å². The summed E-state index contributed by atoms with van der Waals surface area (Å²) in [5.74, 6) is 0. The van der Waals surface area contributed by atoms with Crippen molar-refractivity contribution in [3.63, 3.8) is 0 Å². The second kappa shape index (κ2) is 9.17. The first-order chi connectivity index (χ1) is 6.68. The molecule has 0 aromatic rings. The molecule has 0 bridgehead atoms. The van der Waals surface area contributed by atoms with Gasteiger partial charge in [0.15, 0.2) is 0 Å². The maximum absolute atomic E-state index is 5.61. The Balaban J connectivity index is 3.89. The number of hydrogen-bond donors (Lipinski definition) is 0. The van der Waals surface area contributed by atoms with Crippen LogP contribution in [0.3, 0.4) is 0 Å². The summed E-state index contributed by atoms with van der Waals surface area (Å²) in [7, 11) is 0. The molecule has 0 saturated carbocycles. The summed E-state index contributed by atoms with van der Waals surface area (Å²) in [5, 5.41) is 0. The van der Waals surface area contributed by atoms with Crippen LogP contribution in [0.4, 0.5) is 0 Å². The van der Waals surface area contributed by atoms with Gasteiger partial charge in [-0.3, -0.25) is 0 Å². The molecule has 0 rings (SSSR count). The monoisotopic (exact) mass is 261 g/mol. The summed E-state index contributed by atoms with van der Waals surface area (Å²) in [5.41, 5.74) is 0. The molecule has 0 aliphatic heterocycles. The van der Waals surface area contributed by atoms with Crippen LogP contribution in [-0.2, 0) is 15.0 Å². The van der Waals surface area contributed by atoms with E-state index >= 15 is 0 Å². The van der Waals surface area contributed by atoms with Crippen LogP contribution in [0, 0.1) is 0 Å². The summed E-state index contributed by atoms with van der Waals surface area (Å²) < 4.78 is 0. The summed E-state index contributed by atoms with van der Waals surface area (Å²) in [6, 6.07) is -1.19. The van der Waals surface area contributed by atoms with Crippen molar-refractivity contribution in [2.24, 2.45) is 0 Å². The van der Waals surface area contributed by atoms with Crippen molar-refractivity contribution < 1.29 is 15.0 Å². The summed E-state index contributed by atoms with van der Waals surface area (Å²) in [6.45, 7) is 6.86. The molecule has 0 heterocycles. The minimum absolute atomic E-state index is 1.19. The van der Waals surface area contributed by atoms with E-state index in [4.69, 9.17) is 15.0 Å². The number of unbranched alkanes of at least 4 members (excludes halogenated alkanes) is 3. The van der Waals surface area contributed by atoms with Gasteiger partial charge in [-0.1, -0.05) is 0 Å². The molecule has 0 radical (unpaired) electrons. The molecular formula is C12H28NiP. The van der Waals surface area contributed by atoms with Gasteiger partial charge >= 0.3 is 98.9 Å². The van der Waals surface area contributed by atoms with Gasteiger partial charge < -0.3 is 0 Å². The van der Waals surface area contributed by atoms with Gasteiger partial charge in [0.1, 0.15) is 0 Å². The number of rotatable bonds is 9. The molecular weight excluding hydrogens is 234 g/mol. The number of hydrogen-bond acceptors (Lipinski definition) is 0. The predicted octanol–water partition coefficient (Wildman–Crippen LogP) is 4.60. The van der Waals surface area contributed by atoms with Gasteiger partial charge in [0, 0.05) is 0 Å². The van der Waals surface area contributed by atoms with E-state index in [0.717, 1.165) is 0 Å². The van der Waals surface area contributed by atoms with E-state index in [9.17, 15) is 0 Å². The Morgan fingerprint density at radius 3 is 1.21 bits per heavy atom. The Labute approximate surface area is 99.0 Å². The van der Waals surface area contributed by atoms with E-state index in [1.807, 2.05) is 0 Å². The Morgan fingerprint density at radius 1 is 0.714 bits per heavy atom. The van der Waals surface area contributed by atoms with Crippen LogP contribution in [-0.4, -0.2) is 18.5 Å². The van der Waals surface area contributed by atoms with Crippen LogP contribution in [0.5, 0.6) is 0 Å². The Hall–Kier alpha value is 0.924. The molecule has 0 aliphatic carbocycles. The fourth-order valence-corrected chi connectivity index (χ4v) is 7.04. The molecule has 0 aromatic carbocycles. The van der Waals surface area contributed by atoms with Crippen LogP contribution >= 0.6 is 6.04 Å². The first-order valence-electron chi connectivity index (χ1n) is 6.34. The van der Waals surface area contributed by atoms with E-state index in [0.29, 0.717) is 0 Å². The van der Waals surface area contributed by atoms with Gasteiger partial charge in [-0.15, -0.1) is 0 Å². The molecule has 91 valence electrons. The fraction of sp³-hybridized carbons (Fsp3) is 1.00. The first-order valence-corrected chi connectivity index (χ1v) is 10.3. The zero-order valence-corrected chi connectivity index (χ0v) is 12.2. The standard InChI is InChI=1S/C12H27P.Ni/c1-4-7-10-13(11-8-5-2)12-9-6-3;/h4-12H2,1-3H3;/q;-1/p+1. The molecule has 0 fully saturated rings. The van der Waals surface area contributed by atoms with Crippen LogP contribution in [0.1, 0.15) is 59.3 Å². The van der Waals surface area contributed by atoms with Gasteiger partial charge in [0.05, 0.1) is 0 Å². The Kier molecular flexibility index (Phi) is 9.78. The van der Waals surface area contributed by atoms with Crippen molar-refractivity contribution in [1.82, 2.24) is 0 Å². The molecule has 0 nitrogen and oxygen atoms in total. The zero-order chi connectivity index (χ0) is 10.9. The molecule has 0 saturated heterocycles. The van der Waals surface area contributed by atoms with E-state index in [1.54, 1.807) is 0 Å². The third kappa shape index (κ3) is 7.25. The molecule has 0 aliphatic rings. The van der Waals surface area contributed by atoms with Crippen LogP contribution in [0.25, 0.3) is 0 Å². The Bertz CT molecular complexity index is 104. The van der Waals surface area contributed by atoms with Crippen molar-refractivity contribution in [3.8, 4) is 0 Å². The zero-order valence-electron chi connectivity index (χ0n) is 10.2. The van der Waals surface area contributed by atoms with Gasteiger partial charge in [-0.05, 0) is 0 Å². The van der Waals surface area contributed by atoms with Crippen LogP contribution < -0.4 is 0 Å². The second-order valence-corrected chi connectivity index (χ2v) is 11.2. The molecule has 0 spiro atoms.